The van der Waals surface area contributed by atoms with Gasteiger partial charge >= 0.3 is 0 Å². The smallest absolute Gasteiger partial charge is 0.255 e. The van der Waals surface area contributed by atoms with Gasteiger partial charge in [0, 0.05) is 23.8 Å². The van der Waals surface area contributed by atoms with Crippen LogP contribution in [0.5, 0.6) is 0 Å². The van der Waals surface area contributed by atoms with Crippen LogP contribution in [0.15, 0.2) is 30.0 Å². The number of aryl methyl sites for hydroxylation is 2. The molecule has 0 saturated heterocycles. The predicted octanol–water partition coefficient (Wildman–Crippen LogP) is 2.92. The highest BCUT2D eigenvalue weighted by molar-refractivity contribution is 5.97. The molecule has 0 heterocycles. The van der Waals surface area contributed by atoms with Crippen LogP contribution in [0, 0.1) is 19.8 Å². The molecule has 0 spiro atoms. The third kappa shape index (κ3) is 3.53. The van der Waals surface area contributed by atoms with Crippen molar-refractivity contribution in [2.75, 3.05) is 0 Å². The first-order valence-electron chi connectivity index (χ1n) is 6.57. The standard InChI is InChI=1S/C16H19NO2/c1-10-4-11(2)6-13(5-10)16(19)17-14-7-12(3)8-15(18)9-14/h4-6,9,12H,7-8H2,1-3H3,(H,17,19). The highest BCUT2D eigenvalue weighted by Crippen LogP contribution is 2.20. The molecule has 0 fully saturated rings. The molecule has 1 aliphatic rings. The lowest BCUT2D eigenvalue weighted by molar-refractivity contribution is -0.115. The summed E-state index contributed by atoms with van der Waals surface area (Å²) in [5.74, 6) is 0.251. The molecule has 1 unspecified atom stereocenters. The number of rotatable bonds is 2. The molecular formula is C16H19NO2. The Labute approximate surface area is 113 Å². The number of allylic oxidation sites excluding steroid dienone is 2. The average Bonchev–Trinajstić information content (AvgIpc) is 2.25. The molecule has 2 rings (SSSR count). The van der Waals surface area contributed by atoms with Gasteiger partial charge in [0.1, 0.15) is 0 Å². The lowest BCUT2D eigenvalue weighted by atomic mass is 9.93. The molecule has 0 radical (unpaired) electrons. The molecule has 19 heavy (non-hydrogen) atoms. The van der Waals surface area contributed by atoms with Crippen molar-refractivity contribution >= 4 is 11.7 Å². The summed E-state index contributed by atoms with van der Waals surface area (Å²) in [6.07, 6.45) is 2.88. The molecule has 0 bridgehead atoms. The van der Waals surface area contributed by atoms with E-state index < -0.39 is 0 Å². The summed E-state index contributed by atoms with van der Waals surface area (Å²) in [6.45, 7) is 5.96. The molecule has 1 aromatic carbocycles. The molecular weight excluding hydrogens is 238 g/mol. The molecule has 1 aromatic rings. The zero-order valence-corrected chi connectivity index (χ0v) is 11.6. The maximum absolute atomic E-state index is 12.2. The molecule has 3 nitrogen and oxygen atoms in total. The van der Waals surface area contributed by atoms with Gasteiger partial charge in [-0.3, -0.25) is 9.59 Å². The Morgan fingerprint density at radius 1 is 1.16 bits per heavy atom. The molecule has 1 amide bonds. The maximum atomic E-state index is 12.2. The molecule has 0 aromatic heterocycles. The fraction of sp³-hybridized carbons (Fsp3) is 0.375. The molecule has 0 saturated carbocycles. The van der Waals surface area contributed by atoms with Gasteiger partial charge < -0.3 is 5.32 Å². The quantitative estimate of drug-likeness (QED) is 0.885. The van der Waals surface area contributed by atoms with E-state index in [-0.39, 0.29) is 11.7 Å². The number of ketones is 1. The van der Waals surface area contributed by atoms with Crippen molar-refractivity contribution in [1.29, 1.82) is 0 Å². The molecule has 0 aliphatic heterocycles. The van der Waals surface area contributed by atoms with Gasteiger partial charge in [0.2, 0.25) is 0 Å². The summed E-state index contributed by atoms with van der Waals surface area (Å²) in [5, 5.41) is 2.85. The van der Waals surface area contributed by atoms with Crippen LogP contribution in [-0.4, -0.2) is 11.7 Å². The van der Waals surface area contributed by atoms with E-state index in [4.69, 9.17) is 0 Å². The van der Waals surface area contributed by atoms with Crippen molar-refractivity contribution in [3.63, 3.8) is 0 Å². The average molecular weight is 257 g/mol. The number of hydrogen-bond donors (Lipinski definition) is 1. The molecule has 100 valence electrons. The Hall–Kier alpha value is -1.90. The van der Waals surface area contributed by atoms with Crippen molar-refractivity contribution in [1.82, 2.24) is 5.32 Å². The Morgan fingerprint density at radius 3 is 2.37 bits per heavy atom. The van der Waals surface area contributed by atoms with E-state index in [0.717, 1.165) is 23.2 Å². The lowest BCUT2D eigenvalue weighted by Gasteiger charge is -2.19. The van der Waals surface area contributed by atoms with E-state index in [1.54, 1.807) is 6.08 Å². The van der Waals surface area contributed by atoms with Crippen molar-refractivity contribution in [2.24, 2.45) is 5.92 Å². The summed E-state index contributed by atoms with van der Waals surface area (Å²) in [5.41, 5.74) is 3.50. The SMILES string of the molecule is Cc1cc(C)cc(C(=O)NC2=CC(=O)CC(C)C2)c1. The molecule has 1 atom stereocenters. The van der Waals surface area contributed by atoms with Gasteiger partial charge in [0.05, 0.1) is 0 Å². The Kier molecular flexibility index (Phi) is 3.84. The fourth-order valence-corrected chi connectivity index (χ4v) is 2.51. The number of carbonyl (C=O) groups excluding carboxylic acids is 2. The Balaban J connectivity index is 2.15. The van der Waals surface area contributed by atoms with E-state index in [9.17, 15) is 9.59 Å². The van der Waals surface area contributed by atoms with Gasteiger partial charge in [-0.25, -0.2) is 0 Å². The second kappa shape index (κ2) is 5.39. The summed E-state index contributed by atoms with van der Waals surface area (Å²) in [7, 11) is 0. The second-order valence-electron chi connectivity index (χ2n) is 5.48. The van der Waals surface area contributed by atoms with Crippen molar-refractivity contribution in [3.05, 3.63) is 46.7 Å². The summed E-state index contributed by atoms with van der Waals surface area (Å²) in [4.78, 5) is 23.6. The van der Waals surface area contributed by atoms with Crippen LogP contribution in [0.3, 0.4) is 0 Å². The zero-order valence-electron chi connectivity index (χ0n) is 11.6. The van der Waals surface area contributed by atoms with Gasteiger partial charge in [-0.05, 0) is 38.3 Å². The number of amides is 1. The first-order chi connectivity index (χ1) is 8.94. The number of benzene rings is 1. The normalized spacial score (nSPS) is 19.0. The van der Waals surface area contributed by atoms with Gasteiger partial charge in [0.25, 0.3) is 5.91 Å². The van der Waals surface area contributed by atoms with Crippen LogP contribution in [-0.2, 0) is 4.79 Å². The van der Waals surface area contributed by atoms with Crippen LogP contribution < -0.4 is 5.32 Å². The largest absolute Gasteiger partial charge is 0.326 e. The second-order valence-corrected chi connectivity index (χ2v) is 5.48. The van der Waals surface area contributed by atoms with Gasteiger partial charge in [-0.2, -0.15) is 0 Å². The van der Waals surface area contributed by atoms with E-state index in [0.29, 0.717) is 17.9 Å². The Morgan fingerprint density at radius 2 is 1.79 bits per heavy atom. The van der Waals surface area contributed by atoms with Gasteiger partial charge in [-0.15, -0.1) is 0 Å². The number of nitrogens with one attached hydrogen (secondary N) is 1. The van der Waals surface area contributed by atoms with Gasteiger partial charge in [-0.1, -0.05) is 24.1 Å². The molecule has 1 N–H and O–H groups in total. The van der Waals surface area contributed by atoms with Crippen LogP contribution in [0.4, 0.5) is 0 Å². The predicted molar refractivity (Wildman–Crippen MR) is 74.9 cm³/mol. The minimum atomic E-state index is -0.139. The lowest BCUT2D eigenvalue weighted by Crippen LogP contribution is -2.27. The topological polar surface area (TPSA) is 46.2 Å². The van der Waals surface area contributed by atoms with Crippen LogP contribution in [0.2, 0.25) is 0 Å². The van der Waals surface area contributed by atoms with Crippen molar-refractivity contribution in [2.45, 2.75) is 33.6 Å². The third-order valence-electron chi connectivity index (χ3n) is 3.21. The summed E-state index contributed by atoms with van der Waals surface area (Å²) >= 11 is 0. The van der Waals surface area contributed by atoms with Crippen LogP contribution >= 0.6 is 0 Å². The fourth-order valence-electron chi connectivity index (χ4n) is 2.51. The van der Waals surface area contributed by atoms with Crippen molar-refractivity contribution < 1.29 is 9.59 Å². The Bertz CT molecular complexity index is 538. The third-order valence-corrected chi connectivity index (χ3v) is 3.21. The summed E-state index contributed by atoms with van der Waals surface area (Å²) in [6, 6.07) is 5.75. The minimum Gasteiger partial charge on any atom is -0.326 e. The molecule has 3 heteroatoms. The van der Waals surface area contributed by atoms with E-state index in [2.05, 4.69) is 5.32 Å². The number of carbonyl (C=O) groups is 2. The van der Waals surface area contributed by atoms with E-state index >= 15 is 0 Å². The first-order valence-corrected chi connectivity index (χ1v) is 6.57. The highest BCUT2D eigenvalue weighted by Gasteiger charge is 2.18. The summed E-state index contributed by atoms with van der Waals surface area (Å²) < 4.78 is 0. The van der Waals surface area contributed by atoms with Crippen LogP contribution in [0.1, 0.15) is 41.3 Å². The highest BCUT2D eigenvalue weighted by atomic mass is 16.1. The maximum Gasteiger partial charge on any atom is 0.255 e. The zero-order chi connectivity index (χ0) is 14.0. The number of hydrogen-bond acceptors (Lipinski definition) is 2. The molecule has 1 aliphatic carbocycles. The van der Waals surface area contributed by atoms with Gasteiger partial charge in [0.15, 0.2) is 5.78 Å². The van der Waals surface area contributed by atoms with E-state index in [1.807, 2.05) is 39.0 Å². The minimum absolute atomic E-state index is 0.0921. The first kappa shape index (κ1) is 13.5. The van der Waals surface area contributed by atoms with E-state index in [1.165, 1.54) is 0 Å². The van der Waals surface area contributed by atoms with Crippen molar-refractivity contribution in [3.8, 4) is 0 Å². The van der Waals surface area contributed by atoms with Crippen LogP contribution in [0.25, 0.3) is 0 Å². The monoisotopic (exact) mass is 257 g/mol.